The average molecular weight is 243 g/mol. The van der Waals surface area contributed by atoms with E-state index >= 15 is 0 Å². The lowest BCUT2D eigenvalue weighted by Gasteiger charge is -2.22. The second-order valence-corrected chi connectivity index (χ2v) is 3.99. The van der Waals surface area contributed by atoms with E-state index in [9.17, 15) is 0 Å². The van der Waals surface area contributed by atoms with Crippen LogP contribution in [0.5, 0.6) is 0 Å². The number of nitrogen functional groups attached to an aromatic ring is 1. The van der Waals surface area contributed by atoms with Crippen molar-refractivity contribution in [1.29, 1.82) is 0 Å². The van der Waals surface area contributed by atoms with Gasteiger partial charge in [-0.15, -0.1) is 0 Å². The highest BCUT2D eigenvalue weighted by molar-refractivity contribution is 5.62. The fourth-order valence-electron chi connectivity index (χ4n) is 1.85. The molecule has 5 nitrogen and oxygen atoms in total. The molecule has 2 aromatic rings. The summed E-state index contributed by atoms with van der Waals surface area (Å²) in [5.41, 5.74) is 4.86. The summed E-state index contributed by atoms with van der Waals surface area (Å²) in [6.45, 7) is 4.98. The van der Waals surface area contributed by atoms with Crippen LogP contribution in [0.2, 0.25) is 0 Å². The van der Waals surface area contributed by atoms with Crippen molar-refractivity contribution in [3.8, 4) is 0 Å². The molecule has 2 rings (SSSR count). The van der Waals surface area contributed by atoms with Crippen LogP contribution in [0.4, 0.5) is 17.3 Å². The van der Waals surface area contributed by atoms with Crippen molar-refractivity contribution in [3.05, 3.63) is 42.2 Å². The maximum Gasteiger partial charge on any atom is 0.145 e. The van der Waals surface area contributed by atoms with E-state index in [-0.39, 0.29) is 0 Å². The highest BCUT2D eigenvalue weighted by atomic mass is 15.3. The minimum atomic E-state index is 0.603. The number of anilines is 3. The van der Waals surface area contributed by atoms with E-state index in [1.165, 1.54) is 11.9 Å². The van der Waals surface area contributed by atoms with Gasteiger partial charge in [-0.1, -0.05) is 12.1 Å². The van der Waals surface area contributed by atoms with E-state index < -0.39 is 0 Å². The summed E-state index contributed by atoms with van der Waals surface area (Å²) >= 11 is 0. The van der Waals surface area contributed by atoms with Crippen molar-refractivity contribution in [2.75, 3.05) is 16.9 Å². The number of hydrogen-bond donors (Lipinski definition) is 2. The van der Waals surface area contributed by atoms with Crippen LogP contribution in [0.3, 0.4) is 0 Å². The summed E-state index contributed by atoms with van der Waals surface area (Å²) in [5.74, 6) is 6.79. The Morgan fingerprint density at radius 3 is 2.78 bits per heavy atom. The predicted octanol–water partition coefficient (Wildman–Crippen LogP) is 2.23. The molecule has 0 fully saturated rings. The first-order valence-corrected chi connectivity index (χ1v) is 5.87. The van der Waals surface area contributed by atoms with Crippen LogP contribution < -0.4 is 16.2 Å². The molecular formula is C13H17N5. The molecule has 1 heterocycles. The Labute approximate surface area is 107 Å². The minimum Gasteiger partial charge on any atom is -0.326 e. The third kappa shape index (κ3) is 2.57. The third-order valence-corrected chi connectivity index (χ3v) is 2.71. The van der Waals surface area contributed by atoms with Crippen molar-refractivity contribution < 1.29 is 0 Å². The van der Waals surface area contributed by atoms with Crippen LogP contribution in [0.1, 0.15) is 12.5 Å². The average Bonchev–Trinajstić information content (AvgIpc) is 2.40. The Morgan fingerprint density at radius 1 is 1.28 bits per heavy atom. The summed E-state index contributed by atoms with van der Waals surface area (Å²) in [6, 6.07) is 10.1. The fraction of sp³-hybridized carbons (Fsp3) is 0.231. The zero-order chi connectivity index (χ0) is 13.0. The Kier molecular flexibility index (Phi) is 3.74. The zero-order valence-electron chi connectivity index (χ0n) is 10.6. The molecule has 1 aromatic heterocycles. The van der Waals surface area contributed by atoms with Gasteiger partial charge >= 0.3 is 0 Å². The third-order valence-electron chi connectivity index (χ3n) is 2.71. The van der Waals surface area contributed by atoms with Gasteiger partial charge in [-0.3, -0.25) is 0 Å². The van der Waals surface area contributed by atoms with Gasteiger partial charge < -0.3 is 10.3 Å². The number of rotatable bonds is 4. The quantitative estimate of drug-likeness (QED) is 0.636. The van der Waals surface area contributed by atoms with E-state index in [1.54, 1.807) is 0 Å². The molecule has 94 valence electrons. The van der Waals surface area contributed by atoms with Gasteiger partial charge in [0.15, 0.2) is 0 Å². The molecule has 0 aliphatic carbocycles. The maximum absolute atomic E-state index is 5.36. The molecule has 0 spiro atoms. The second-order valence-electron chi connectivity index (χ2n) is 3.99. The number of benzene rings is 1. The van der Waals surface area contributed by atoms with E-state index in [0.717, 1.165) is 18.1 Å². The van der Waals surface area contributed by atoms with Gasteiger partial charge in [-0.25, -0.2) is 15.8 Å². The van der Waals surface area contributed by atoms with Crippen LogP contribution in [0.25, 0.3) is 0 Å². The van der Waals surface area contributed by atoms with E-state index in [4.69, 9.17) is 5.84 Å². The molecule has 5 heteroatoms. The van der Waals surface area contributed by atoms with Crippen molar-refractivity contribution >= 4 is 17.3 Å². The monoisotopic (exact) mass is 243 g/mol. The van der Waals surface area contributed by atoms with E-state index in [1.807, 2.05) is 12.1 Å². The molecule has 0 saturated carbocycles. The van der Waals surface area contributed by atoms with Gasteiger partial charge in [0, 0.05) is 18.3 Å². The van der Waals surface area contributed by atoms with Gasteiger partial charge in [0.05, 0.1) is 0 Å². The fourth-order valence-corrected chi connectivity index (χ4v) is 1.85. The van der Waals surface area contributed by atoms with Crippen LogP contribution >= 0.6 is 0 Å². The number of nitrogens with zero attached hydrogens (tertiary/aromatic N) is 3. The van der Waals surface area contributed by atoms with Gasteiger partial charge in [-0.05, 0) is 31.5 Å². The number of hydrazine groups is 1. The summed E-state index contributed by atoms with van der Waals surface area (Å²) < 4.78 is 0. The lowest BCUT2D eigenvalue weighted by molar-refractivity contribution is 0.974. The van der Waals surface area contributed by atoms with Crippen LogP contribution in [0, 0.1) is 6.92 Å². The molecule has 18 heavy (non-hydrogen) atoms. The molecule has 0 unspecified atom stereocenters. The predicted molar refractivity (Wildman–Crippen MR) is 73.7 cm³/mol. The van der Waals surface area contributed by atoms with Gasteiger partial charge in [-0.2, -0.15) is 0 Å². The Balaban J connectivity index is 2.38. The Hall–Kier alpha value is -2.14. The smallest absolute Gasteiger partial charge is 0.145 e. The first-order valence-electron chi connectivity index (χ1n) is 5.87. The van der Waals surface area contributed by atoms with Gasteiger partial charge in [0.1, 0.15) is 18.0 Å². The highest BCUT2D eigenvalue weighted by Crippen LogP contribution is 2.24. The van der Waals surface area contributed by atoms with Gasteiger partial charge in [0.2, 0.25) is 0 Å². The van der Waals surface area contributed by atoms with Crippen LogP contribution in [-0.4, -0.2) is 16.5 Å². The Morgan fingerprint density at radius 2 is 2.11 bits per heavy atom. The van der Waals surface area contributed by atoms with Crippen molar-refractivity contribution in [1.82, 2.24) is 9.97 Å². The van der Waals surface area contributed by atoms with Gasteiger partial charge in [0.25, 0.3) is 0 Å². The number of nitrogens with one attached hydrogen (secondary N) is 1. The second kappa shape index (κ2) is 5.46. The number of hydrogen-bond acceptors (Lipinski definition) is 5. The highest BCUT2D eigenvalue weighted by Gasteiger charge is 2.09. The summed E-state index contributed by atoms with van der Waals surface area (Å²) in [4.78, 5) is 10.4. The molecule has 1 aromatic carbocycles. The molecule has 0 radical (unpaired) electrons. The van der Waals surface area contributed by atoms with E-state index in [0.29, 0.717) is 5.82 Å². The molecule has 0 aliphatic heterocycles. The first kappa shape index (κ1) is 12.3. The largest absolute Gasteiger partial charge is 0.326 e. The normalized spacial score (nSPS) is 10.2. The zero-order valence-corrected chi connectivity index (χ0v) is 10.6. The molecule has 0 bridgehead atoms. The number of aryl methyl sites for hydroxylation is 1. The van der Waals surface area contributed by atoms with Crippen molar-refractivity contribution in [2.24, 2.45) is 5.84 Å². The number of nitrogens with two attached hydrogens (primary N) is 1. The summed E-state index contributed by atoms with van der Waals surface area (Å²) in [5, 5.41) is 0. The topological polar surface area (TPSA) is 67.1 Å². The molecular weight excluding hydrogens is 226 g/mol. The van der Waals surface area contributed by atoms with Crippen LogP contribution in [-0.2, 0) is 0 Å². The van der Waals surface area contributed by atoms with Crippen molar-refractivity contribution in [3.63, 3.8) is 0 Å². The summed E-state index contributed by atoms with van der Waals surface area (Å²) in [6.07, 6.45) is 1.50. The van der Waals surface area contributed by atoms with E-state index in [2.05, 4.69) is 52.3 Å². The standard InChI is InChI=1S/C13H17N5/c1-3-18(11-6-4-5-10(2)7-11)13-8-12(17-14)15-9-16-13/h4-9H,3,14H2,1-2H3,(H,15,16,17). The number of aromatic nitrogens is 2. The molecule has 0 saturated heterocycles. The Bertz CT molecular complexity index is 526. The maximum atomic E-state index is 5.36. The first-order chi connectivity index (χ1) is 8.74. The SMILES string of the molecule is CCN(c1cccc(C)c1)c1cc(NN)ncn1. The molecule has 0 amide bonds. The molecule has 3 N–H and O–H groups in total. The molecule has 0 aliphatic rings. The lowest BCUT2D eigenvalue weighted by Crippen LogP contribution is -2.18. The molecule has 0 atom stereocenters. The summed E-state index contributed by atoms with van der Waals surface area (Å²) in [7, 11) is 0. The lowest BCUT2D eigenvalue weighted by atomic mass is 10.2. The van der Waals surface area contributed by atoms with Crippen molar-refractivity contribution in [2.45, 2.75) is 13.8 Å². The van der Waals surface area contributed by atoms with Crippen LogP contribution in [0.15, 0.2) is 36.7 Å². The minimum absolute atomic E-state index is 0.603.